The van der Waals surface area contributed by atoms with Gasteiger partial charge in [0.15, 0.2) is 0 Å². The molecule has 19 heavy (non-hydrogen) atoms. The molecular formula is C13H17N3O3. The molecule has 2 heterocycles. The van der Waals surface area contributed by atoms with Gasteiger partial charge in [-0.2, -0.15) is 0 Å². The maximum absolute atomic E-state index is 12.1. The highest BCUT2D eigenvalue weighted by Crippen LogP contribution is 2.37. The average Bonchev–Trinajstić information content (AvgIpc) is 2.80. The lowest BCUT2D eigenvalue weighted by molar-refractivity contribution is -0.0161. The summed E-state index contributed by atoms with van der Waals surface area (Å²) in [6.45, 7) is 2.46. The molecule has 0 aromatic carbocycles. The van der Waals surface area contributed by atoms with Crippen molar-refractivity contribution in [3.8, 4) is 0 Å². The van der Waals surface area contributed by atoms with Crippen molar-refractivity contribution < 1.29 is 9.53 Å². The first-order valence-electron chi connectivity index (χ1n) is 6.46. The third-order valence-corrected chi connectivity index (χ3v) is 4.04. The second-order valence-electron chi connectivity index (χ2n) is 5.25. The van der Waals surface area contributed by atoms with E-state index in [0.717, 1.165) is 12.1 Å². The van der Waals surface area contributed by atoms with Gasteiger partial charge in [-0.05, 0) is 25.5 Å². The van der Waals surface area contributed by atoms with E-state index in [1.807, 2.05) is 0 Å². The van der Waals surface area contributed by atoms with E-state index >= 15 is 0 Å². The van der Waals surface area contributed by atoms with Crippen LogP contribution >= 0.6 is 0 Å². The lowest BCUT2D eigenvalue weighted by atomic mass is 9.72. The number of carbonyl (C=O) groups excluding carboxylic acids is 1. The summed E-state index contributed by atoms with van der Waals surface area (Å²) < 4.78 is 5.54. The first kappa shape index (κ1) is 12.4. The van der Waals surface area contributed by atoms with E-state index in [1.165, 1.54) is 6.07 Å². The maximum Gasteiger partial charge on any atom is 0.260 e. The number of aryl methyl sites for hydroxylation is 1. The van der Waals surface area contributed by atoms with Gasteiger partial charge in [0.05, 0.1) is 12.1 Å². The molecule has 1 saturated carbocycles. The number of pyridine rings is 1. The Labute approximate surface area is 110 Å². The number of nitrogens with one attached hydrogen (secondary N) is 2. The van der Waals surface area contributed by atoms with Crippen molar-refractivity contribution in [1.29, 1.82) is 0 Å². The van der Waals surface area contributed by atoms with Crippen molar-refractivity contribution >= 4 is 5.91 Å². The number of fused-ring (bicyclic) bond motifs is 1. The molecular weight excluding hydrogens is 246 g/mol. The van der Waals surface area contributed by atoms with Gasteiger partial charge in [0.1, 0.15) is 5.56 Å². The Morgan fingerprint density at radius 2 is 2.32 bits per heavy atom. The molecule has 1 aliphatic carbocycles. The molecule has 6 heteroatoms. The largest absolute Gasteiger partial charge is 0.376 e. The van der Waals surface area contributed by atoms with Crippen LogP contribution in [0.3, 0.4) is 0 Å². The number of aromatic nitrogens is 1. The number of ether oxygens (including phenoxy) is 1. The summed E-state index contributed by atoms with van der Waals surface area (Å²) in [7, 11) is 0. The van der Waals surface area contributed by atoms with Crippen LogP contribution in [0.1, 0.15) is 22.5 Å². The van der Waals surface area contributed by atoms with Gasteiger partial charge in [0.2, 0.25) is 0 Å². The molecule has 4 atom stereocenters. The van der Waals surface area contributed by atoms with Crippen LogP contribution in [0.4, 0.5) is 0 Å². The molecule has 0 bridgehead atoms. The van der Waals surface area contributed by atoms with Gasteiger partial charge >= 0.3 is 0 Å². The lowest BCUT2D eigenvalue weighted by Crippen LogP contribution is -2.69. The number of H-pyrrole nitrogens is 1. The number of amides is 1. The molecule has 6 nitrogen and oxygen atoms in total. The molecule has 1 aromatic heterocycles. The maximum atomic E-state index is 12.1. The number of aromatic amines is 1. The van der Waals surface area contributed by atoms with Crippen LogP contribution in [0.15, 0.2) is 16.9 Å². The second-order valence-corrected chi connectivity index (χ2v) is 5.25. The third-order valence-electron chi connectivity index (χ3n) is 4.04. The van der Waals surface area contributed by atoms with E-state index in [-0.39, 0.29) is 29.3 Å². The Morgan fingerprint density at radius 1 is 1.53 bits per heavy atom. The van der Waals surface area contributed by atoms with Gasteiger partial charge in [-0.15, -0.1) is 0 Å². The summed E-state index contributed by atoms with van der Waals surface area (Å²) in [5, 5.41) is 2.81. The second kappa shape index (κ2) is 4.47. The summed E-state index contributed by atoms with van der Waals surface area (Å²) in [5.41, 5.74) is 6.47. The zero-order valence-electron chi connectivity index (χ0n) is 10.7. The minimum absolute atomic E-state index is 0.00322. The number of hydrogen-bond acceptors (Lipinski definition) is 4. The van der Waals surface area contributed by atoms with Crippen molar-refractivity contribution in [3.05, 3.63) is 33.7 Å². The van der Waals surface area contributed by atoms with Crippen LogP contribution in [-0.2, 0) is 4.74 Å². The van der Waals surface area contributed by atoms with Crippen molar-refractivity contribution in [2.75, 3.05) is 6.61 Å². The zero-order chi connectivity index (χ0) is 13.6. The number of hydrogen-bond donors (Lipinski definition) is 3. The van der Waals surface area contributed by atoms with Gasteiger partial charge in [-0.25, -0.2) is 0 Å². The smallest absolute Gasteiger partial charge is 0.260 e. The zero-order valence-corrected chi connectivity index (χ0v) is 10.7. The van der Waals surface area contributed by atoms with Gasteiger partial charge in [-0.1, -0.05) is 0 Å². The van der Waals surface area contributed by atoms with Crippen LogP contribution < -0.4 is 16.6 Å². The molecule has 0 radical (unpaired) electrons. The van der Waals surface area contributed by atoms with Crippen LogP contribution in [-0.4, -0.2) is 35.7 Å². The molecule has 1 amide bonds. The number of rotatable bonds is 2. The van der Waals surface area contributed by atoms with Gasteiger partial charge in [0.25, 0.3) is 11.5 Å². The lowest BCUT2D eigenvalue weighted by Gasteiger charge is -2.45. The van der Waals surface area contributed by atoms with Crippen LogP contribution in [0.2, 0.25) is 0 Å². The van der Waals surface area contributed by atoms with Crippen LogP contribution in [0.25, 0.3) is 0 Å². The SMILES string of the molecule is Cc1ccc(C(=O)NC2C(N)C3CCOC32)c(=O)[nH]1. The summed E-state index contributed by atoms with van der Waals surface area (Å²) in [5.74, 6) is -0.0581. The minimum Gasteiger partial charge on any atom is -0.376 e. The third kappa shape index (κ3) is 1.97. The van der Waals surface area contributed by atoms with Crippen molar-refractivity contribution in [2.24, 2.45) is 11.7 Å². The predicted molar refractivity (Wildman–Crippen MR) is 68.9 cm³/mol. The van der Waals surface area contributed by atoms with Crippen molar-refractivity contribution in [3.63, 3.8) is 0 Å². The van der Waals surface area contributed by atoms with E-state index < -0.39 is 5.91 Å². The summed E-state index contributed by atoms with van der Waals surface area (Å²) in [6, 6.07) is 2.95. The van der Waals surface area contributed by atoms with Gasteiger partial charge in [0, 0.05) is 24.3 Å². The fraction of sp³-hybridized carbons (Fsp3) is 0.538. The average molecular weight is 263 g/mol. The molecule has 4 unspecified atom stereocenters. The molecule has 1 saturated heterocycles. The van der Waals surface area contributed by atoms with Gasteiger partial charge in [-0.3, -0.25) is 9.59 Å². The van der Waals surface area contributed by atoms with E-state index in [1.54, 1.807) is 13.0 Å². The summed E-state index contributed by atoms with van der Waals surface area (Å²) in [4.78, 5) is 26.4. The highest BCUT2D eigenvalue weighted by molar-refractivity contribution is 5.94. The molecule has 1 aromatic rings. The van der Waals surface area contributed by atoms with Crippen LogP contribution in [0.5, 0.6) is 0 Å². The highest BCUT2D eigenvalue weighted by Gasteiger charge is 2.52. The summed E-state index contributed by atoms with van der Waals surface area (Å²) >= 11 is 0. The van der Waals surface area contributed by atoms with E-state index in [2.05, 4.69) is 10.3 Å². The molecule has 1 aliphatic heterocycles. The monoisotopic (exact) mass is 263 g/mol. The molecule has 0 spiro atoms. The van der Waals surface area contributed by atoms with Crippen molar-refractivity contribution in [1.82, 2.24) is 10.3 Å². The Morgan fingerprint density at radius 3 is 3.05 bits per heavy atom. The summed E-state index contributed by atoms with van der Waals surface area (Å²) in [6.07, 6.45) is 0.951. The predicted octanol–water partition coefficient (Wildman–Crippen LogP) is -0.472. The Bertz CT molecular complexity index is 568. The first-order chi connectivity index (χ1) is 9.08. The minimum atomic E-state index is -0.393. The van der Waals surface area contributed by atoms with E-state index in [4.69, 9.17) is 10.5 Å². The quantitative estimate of drug-likeness (QED) is 0.672. The molecule has 4 N–H and O–H groups in total. The topological polar surface area (TPSA) is 97.2 Å². The van der Waals surface area contributed by atoms with Crippen LogP contribution in [0, 0.1) is 12.8 Å². The van der Waals surface area contributed by atoms with E-state index in [0.29, 0.717) is 12.5 Å². The normalized spacial score (nSPS) is 32.5. The fourth-order valence-electron chi connectivity index (χ4n) is 2.91. The standard InChI is InChI=1S/C13H17N3O3/c1-6-2-3-8(12(17)15-6)13(18)16-10-9(14)7-4-5-19-11(7)10/h2-3,7,9-11H,4-5,14H2,1H3,(H,15,17)(H,16,18). The first-order valence-corrected chi connectivity index (χ1v) is 6.46. The molecule has 102 valence electrons. The van der Waals surface area contributed by atoms with E-state index in [9.17, 15) is 9.59 Å². The number of carbonyl (C=O) groups is 1. The number of nitrogens with two attached hydrogens (primary N) is 1. The molecule has 2 fully saturated rings. The van der Waals surface area contributed by atoms with Gasteiger partial charge < -0.3 is 20.8 Å². The highest BCUT2D eigenvalue weighted by atomic mass is 16.5. The Balaban J connectivity index is 1.73. The fourth-order valence-corrected chi connectivity index (χ4v) is 2.91. The molecule has 3 rings (SSSR count). The van der Waals surface area contributed by atoms with Crippen molar-refractivity contribution in [2.45, 2.75) is 31.5 Å². The Hall–Kier alpha value is -1.66. The Kier molecular flexibility index (Phi) is 2.91. The molecule has 2 aliphatic rings.